The minimum Gasteiger partial charge on any atom is -0.493 e. The predicted molar refractivity (Wildman–Crippen MR) is 105 cm³/mol. The summed E-state index contributed by atoms with van der Waals surface area (Å²) in [5.41, 5.74) is 1.84. The number of benzene rings is 1. The lowest BCUT2D eigenvalue weighted by atomic mass is 10.2. The zero-order chi connectivity index (χ0) is 19.1. The Hall–Kier alpha value is -2.12. The van der Waals surface area contributed by atoms with E-state index in [0.29, 0.717) is 24.6 Å². The number of methoxy groups -OCH3 is 2. The van der Waals surface area contributed by atoms with Crippen LogP contribution < -0.4 is 9.47 Å². The maximum Gasteiger partial charge on any atom is 0.236 e. The number of para-hydroxylation sites is 1. The van der Waals surface area contributed by atoms with E-state index in [1.54, 1.807) is 25.6 Å². The van der Waals surface area contributed by atoms with E-state index in [2.05, 4.69) is 0 Å². The van der Waals surface area contributed by atoms with Crippen molar-refractivity contribution >= 4 is 17.2 Å². The molecule has 0 saturated heterocycles. The quantitative estimate of drug-likeness (QED) is 0.672. The molecular weight excluding hydrogens is 350 g/mol. The van der Waals surface area contributed by atoms with Gasteiger partial charge in [-0.15, -0.1) is 11.3 Å². The van der Waals surface area contributed by atoms with E-state index in [-0.39, 0.29) is 5.91 Å². The third-order valence-corrected chi connectivity index (χ3v) is 5.06. The fraction of sp³-hybridized carbons (Fsp3) is 0.474. The van der Waals surface area contributed by atoms with Crippen molar-refractivity contribution in [2.24, 2.45) is 0 Å². The van der Waals surface area contributed by atoms with Gasteiger partial charge < -0.3 is 14.4 Å². The van der Waals surface area contributed by atoms with Crippen LogP contribution in [0.5, 0.6) is 11.5 Å². The monoisotopic (exact) mass is 377 g/mol. The standard InChI is InChI=1S/C19H27N3O3S/c1-6-22(7-2)17(23)12-21(3)11-14-13-26-19(20-14)15-9-8-10-16(24-4)18(15)25-5/h8-10,13H,6-7,11-12H2,1-5H3. The summed E-state index contributed by atoms with van der Waals surface area (Å²) in [6.45, 7) is 6.47. The third-order valence-electron chi connectivity index (χ3n) is 4.14. The number of carbonyl (C=O) groups excluding carboxylic acids is 1. The van der Waals surface area contributed by atoms with Crippen molar-refractivity contribution in [3.05, 3.63) is 29.3 Å². The Bertz CT molecular complexity index is 729. The van der Waals surface area contributed by atoms with Crippen molar-refractivity contribution in [3.8, 4) is 22.1 Å². The molecule has 0 aliphatic carbocycles. The number of amides is 1. The van der Waals surface area contributed by atoms with Crippen LogP contribution in [-0.4, -0.2) is 61.6 Å². The molecule has 0 bridgehead atoms. The molecule has 0 radical (unpaired) electrons. The fourth-order valence-corrected chi connectivity index (χ4v) is 3.63. The first-order valence-electron chi connectivity index (χ1n) is 8.66. The van der Waals surface area contributed by atoms with Crippen molar-refractivity contribution in [2.45, 2.75) is 20.4 Å². The SMILES string of the molecule is CCN(CC)C(=O)CN(C)Cc1csc(-c2cccc(OC)c2OC)n1. The number of thiazole rings is 1. The molecule has 142 valence electrons. The highest BCUT2D eigenvalue weighted by Crippen LogP contribution is 2.39. The lowest BCUT2D eigenvalue weighted by molar-refractivity contribution is -0.131. The van der Waals surface area contributed by atoms with Crippen molar-refractivity contribution in [1.29, 1.82) is 0 Å². The maximum atomic E-state index is 12.2. The highest BCUT2D eigenvalue weighted by molar-refractivity contribution is 7.13. The highest BCUT2D eigenvalue weighted by atomic mass is 32.1. The predicted octanol–water partition coefficient (Wildman–Crippen LogP) is 3.13. The minimum absolute atomic E-state index is 0.141. The van der Waals surface area contributed by atoms with Gasteiger partial charge in [-0.2, -0.15) is 0 Å². The first-order chi connectivity index (χ1) is 12.5. The van der Waals surface area contributed by atoms with Gasteiger partial charge in [-0.25, -0.2) is 4.98 Å². The molecular formula is C19H27N3O3S. The normalized spacial score (nSPS) is 10.8. The highest BCUT2D eigenvalue weighted by Gasteiger charge is 2.16. The number of likely N-dealkylation sites (N-methyl/N-ethyl adjacent to an activating group) is 2. The zero-order valence-electron chi connectivity index (χ0n) is 16.1. The molecule has 2 aromatic rings. The van der Waals surface area contributed by atoms with Gasteiger partial charge >= 0.3 is 0 Å². The molecule has 26 heavy (non-hydrogen) atoms. The molecule has 1 aromatic heterocycles. The summed E-state index contributed by atoms with van der Waals surface area (Å²) in [6, 6.07) is 5.76. The fourth-order valence-electron chi connectivity index (χ4n) is 2.80. The molecule has 1 heterocycles. The van der Waals surface area contributed by atoms with Gasteiger partial charge in [-0.1, -0.05) is 6.07 Å². The van der Waals surface area contributed by atoms with Crippen LogP contribution >= 0.6 is 11.3 Å². The molecule has 0 fully saturated rings. The van der Waals surface area contributed by atoms with Gasteiger partial charge in [-0.05, 0) is 33.0 Å². The maximum absolute atomic E-state index is 12.2. The van der Waals surface area contributed by atoms with E-state index in [4.69, 9.17) is 14.5 Å². The van der Waals surface area contributed by atoms with Crippen LogP contribution in [0.15, 0.2) is 23.6 Å². The third kappa shape index (κ3) is 4.74. The van der Waals surface area contributed by atoms with Gasteiger partial charge in [0.2, 0.25) is 5.91 Å². The summed E-state index contributed by atoms with van der Waals surface area (Å²) < 4.78 is 10.9. The molecule has 0 atom stereocenters. The molecule has 6 nitrogen and oxygen atoms in total. The van der Waals surface area contributed by atoms with Crippen LogP contribution in [0.2, 0.25) is 0 Å². The summed E-state index contributed by atoms with van der Waals surface area (Å²) in [5.74, 6) is 1.51. The van der Waals surface area contributed by atoms with Crippen LogP contribution in [0.1, 0.15) is 19.5 Å². The van der Waals surface area contributed by atoms with Crippen LogP contribution in [0.25, 0.3) is 10.6 Å². The van der Waals surface area contributed by atoms with Gasteiger partial charge in [0.25, 0.3) is 0 Å². The average molecular weight is 378 g/mol. The summed E-state index contributed by atoms with van der Waals surface area (Å²) >= 11 is 1.56. The lowest BCUT2D eigenvalue weighted by Crippen LogP contribution is -2.38. The van der Waals surface area contributed by atoms with E-state index >= 15 is 0 Å². The van der Waals surface area contributed by atoms with Crippen LogP contribution in [-0.2, 0) is 11.3 Å². The molecule has 0 N–H and O–H groups in total. The van der Waals surface area contributed by atoms with Gasteiger partial charge in [0, 0.05) is 25.0 Å². The Morgan fingerprint density at radius 2 is 1.92 bits per heavy atom. The molecule has 1 aromatic carbocycles. The molecule has 2 rings (SSSR count). The molecule has 1 amide bonds. The number of ether oxygens (including phenoxy) is 2. The van der Waals surface area contributed by atoms with E-state index < -0.39 is 0 Å². The van der Waals surface area contributed by atoms with Crippen molar-refractivity contribution < 1.29 is 14.3 Å². The first kappa shape index (κ1) is 20.2. The molecule has 0 saturated carbocycles. The summed E-state index contributed by atoms with van der Waals surface area (Å²) in [5, 5.41) is 2.89. The summed E-state index contributed by atoms with van der Waals surface area (Å²) in [6.07, 6.45) is 0. The zero-order valence-corrected chi connectivity index (χ0v) is 16.9. The smallest absolute Gasteiger partial charge is 0.236 e. The van der Waals surface area contributed by atoms with E-state index in [9.17, 15) is 4.79 Å². The average Bonchev–Trinajstić information content (AvgIpc) is 3.09. The van der Waals surface area contributed by atoms with Gasteiger partial charge in [-0.3, -0.25) is 9.69 Å². The molecule has 0 unspecified atom stereocenters. The summed E-state index contributed by atoms with van der Waals surface area (Å²) in [4.78, 5) is 20.8. The number of aromatic nitrogens is 1. The largest absolute Gasteiger partial charge is 0.493 e. The van der Waals surface area contributed by atoms with Gasteiger partial charge in [0.1, 0.15) is 5.01 Å². The Labute approximate surface area is 159 Å². The first-order valence-corrected chi connectivity index (χ1v) is 9.54. The minimum atomic E-state index is 0.141. The second-order valence-corrected chi connectivity index (χ2v) is 6.78. The van der Waals surface area contributed by atoms with Crippen molar-refractivity contribution in [3.63, 3.8) is 0 Å². The van der Waals surface area contributed by atoms with E-state index in [1.807, 2.05) is 54.3 Å². The Kier molecular flexibility index (Phi) is 7.41. The Morgan fingerprint density at radius 1 is 1.19 bits per heavy atom. The lowest BCUT2D eigenvalue weighted by Gasteiger charge is -2.22. The number of nitrogens with zero attached hydrogens (tertiary/aromatic N) is 3. The topological polar surface area (TPSA) is 54.9 Å². The second kappa shape index (κ2) is 9.54. The summed E-state index contributed by atoms with van der Waals surface area (Å²) in [7, 11) is 5.19. The van der Waals surface area contributed by atoms with E-state index in [1.165, 1.54) is 0 Å². The number of hydrogen-bond acceptors (Lipinski definition) is 6. The molecule has 0 aliphatic heterocycles. The molecule has 0 spiro atoms. The van der Waals surface area contributed by atoms with Crippen LogP contribution in [0.4, 0.5) is 0 Å². The number of rotatable bonds is 9. The number of hydrogen-bond donors (Lipinski definition) is 0. The van der Waals surface area contributed by atoms with Crippen LogP contribution in [0.3, 0.4) is 0 Å². The van der Waals surface area contributed by atoms with Crippen LogP contribution in [0, 0.1) is 0 Å². The Morgan fingerprint density at radius 3 is 2.54 bits per heavy atom. The van der Waals surface area contributed by atoms with Crippen molar-refractivity contribution in [2.75, 3.05) is 40.9 Å². The number of carbonyl (C=O) groups is 1. The second-order valence-electron chi connectivity index (χ2n) is 5.92. The Balaban J connectivity index is 2.10. The van der Waals surface area contributed by atoms with E-state index in [0.717, 1.165) is 29.4 Å². The molecule has 0 aliphatic rings. The van der Waals surface area contributed by atoms with Crippen molar-refractivity contribution in [1.82, 2.24) is 14.8 Å². The molecule has 7 heteroatoms. The van der Waals surface area contributed by atoms with Gasteiger partial charge in [0.05, 0.1) is 32.0 Å². The van der Waals surface area contributed by atoms with Gasteiger partial charge in [0.15, 0.2) is 11.5 Å².